The third kappa shape index (κ3) is 2.55. The molecule has 0 amide bonds. The second-order valence-electron chi connectivity index (χ2n) is 4.78. The zero-order valence-corrected chi connectivity index (χ0v) is 11.4. The number of pyridine rings is 1. The van der Waals surface area contributed by atoms with E-state index < -0.39 is 0 Å². The quantitative estimate of drug-likeness (QED) is 0.870. The van der Waals surface area contributed by atoms with Crippen LogP contribution in [-0.2, 0) is 4.79 Å². The molecule has 0 bridgehead atoms. The summed E-state index contributed by atoms with van der Waals surface area (Å²) in [7, 11) is 0. The van der Waals surface area contributed by atoms with Gasteiger partial charge in [0.05, 0.1) is 0 Å². The van der Waals surface area contributed by atoms with Gasteiger partial charge in [0.1, 0.15) is 23.8 Å². The molecule has 1 aliphatic heterocycles. The van der Waals surface area contributed by atoms with E-state index in [2.05, 4.69) is 15.6 Å². The van der Waals surface area contributed by atoms with Crippen LogP contribution in [0, 0.1) is 6.92 Å². The summed E-state index contributed by atoms with van der Waals surface area (Å²) in [5.41, 5.74) is 4.40. The molecule has 1 aromatic carbocycles. The molecule has 6 heteroatoms. The third-order valence-electron chi connectivity index (χ3n) is 3.18. The molecule has 106 valence electrons. The Morgan fingerprint density at radius 2 is 2.14 bits per heavy atom. The van der Waals surface area contributed by atoms with Gasteiger partial charge in [-0.25, -0.2) is 15.5 Å². The van der Waals surface area contributed by atoms with Crippen LogP contribution in [0.5, 0.6) is 5.75 Å². The van der Waals surface area contributed by atoms with Crippen LogP contribution in [0.4, 0.5) is 5.82 Å². The largest absolute Gasteiger partial charge is 0.507 e. The molecule has 0 fully saturated rings. The van der Waals surface area contributed by atoms with Crippen molar-refractivity contribution >= 4 is 17.3 Å². The number of nitrogens with zero attached hydrogens (tertiary/aromatic N) is 3. The number of hydrazine groups is 1. The Morgan fingerprint density at radius 1 is 1.29 bits per heavy atom. The standard InChI is InChI=1S/C15H14N4O2/c1-10-5-6-12(20)11(8-10)15-13(21)9-19(18-17-15)14-4-2-3-7-16-14/h2-8,18,20H,9H2,1H3. The molecular weight excluding hydrogens is 268 g/mol. The van der Waals surface area contributed by atoms with E-state index in [1.54, 1.807) is 41.5 Å². The average molecular weight is 282 g/mol. The van der Waals surface area contributed by atoms with E-state index in [1.807, 2.05) is 13.0 Å². The molecule has 21 heavy (non-hydrogen) atoms. The summed E-state index contributed by atoms with van der Waals surface area (Å²) in [5.74, 6) is 0.475. The van der Waals surface area contributed by atoms with Gasteiger partial charge in [0.25, 0.3) is 0 Å². The molecular formula is C15H14N4O2. The topological polar surface area (TPSA) is 77.8 Å². The number of hydrogen-bond donors (Lipinski definition) is 2. The number of Topliss-reactive ketones (excluding diaryl/α,β-unsaturated/α-hetero) is 1. The Labute approximate surface area is 121 Å². The zero-order valence-electron chi connectivity index (χ0n) is 11.4. The molecule has 0 saturated heterocycles. The van der Waals surface area contributed by atoms with Crippen LogP contribution < -0.4 is 10.5 Å². The lowest BCUT2D eigenvalue weighted by Gasteiger charge is -2.26. The Hall–Kier alpha value is -2.89. The van der Waals surface area contributed by atoms with Crippen molar-refractivity contribution in [2.24, 2.45) is 5.10 Å². The monoisotopic (exact) mass is 282 g/mol. The number of nitrogens with one attached hydrogen (secondary N) is 1. The van der Waals surface area contributed by atoms with Crippen LogP contribution in [0.1, 0.15) is 11.1 Å². The first kappa shape index (κ1) is 13.1. The number of benzene rings is 1. The van der Waals surface area contributed by atoms with E-state index in [1.165, 1.54) is 0 Å². The highest BCUT2D eigenvalue weighted by atomic mass is 16.3. The minimum Gasteiger partial charge on any atom is -0.507 e. The Kier molecular flexibility index (Phi) is 3.27. The van der Waals surface area contributed by atoms with Crippen LogP contribution in [0.25, 0.3) is 0 Å². The van der Waals surface area contributed by atoms with E-state index >= 15 is 0 Å². The van der Waals surface area contributed by atoms with Crippen molar-refractivity contribution in [3.63, 3.8) is 0 Å². The molecule has 0 spiro atoms. The highest BCUT2D eigenvalue weighted by Crippen LogP contribution is 2.21. The van der Waals surface area contributed by atoms with Crippen molar-refractivity contribution in [3.8, 4) is 5.75 Å². The second kappa shape index (κ2) is 5.24. The number of rotatable bonds is 2. The van der Waals surface area contributed by atoms with Gasteiger partial charge in [-0.05, 0) is 31.2 Å². The maximum atomic E-state index is 12.3. The van der Waals surface area contributed by atoms with Gasteiger partial charge in [0, 0.05) is 11.8 Å². The van der Waals surface area contributed by atoms with E-state index in [0.29, 0.717) is 11.4 Å². The molecule has 2 heterocycles. The predicted octanol–water partition coefficient (Wildman–Crippen LogP) is 1.39. The fourth-order valence-corrected chi connectivity index (χ4v) is 2.12. The van der Waals surface area contributed by atoms with Crippen LogP contribution in [0.3, 0.4) is 0 Å². The van der Waals surface area contributed by atoms with Crippen molar-refractivity contribution < 1.29 is 9.90 Å². The lowest BCUT2D eigenvalue weighted by atomic mass is 10.0. The van der Waals surface area contributed by atoms with Gasteiger partial charge >= 0.3 is 0 Å². The highest BCUT2D eigenvalue weighted by Gasteiger charge is 2.25. The highest BCUT2D eigenvalue weighted by molar-refractivity contribution is 6.48. The number of carbonyl (C=O) groups excluding carboxylic acids is 1. The predicted molar refractivity (Wildman–Crippen MR) is 79.1 cm³/mol. The average Bonchev–Trinajstić information content (AvgIpc) is 2.51. The number of hydrazone groups is 1. The van der Waals surface area contributed by atoms with E-state index in [-0.39, 0.29) is 23.8 Å². The molecule has 0 aliphatic carbocycles. The first-order valence-corrected chi connectivity index (χ1v) is 6.50. The second-order valence-corrected chi connectivity index (χ2v) is 4.78. The number of carbonyl (C=O) groups is 1. The van der Waals surface area contributed by atoms with Crippen molar-refractivity contribution in [3.05, 3.63) is 53.7 Å². The van der Waals surface area contributed by atoms with Gasteiger partial charge in [-0.15, -0.1) is 0 Å². The summed E-state index contributed by atoms with van der Waals surface area (Å²) in [6.45, 7) is 1.99. The van der Waals surface area contributed by atoms with Crippen LogP contribution in [0.2, 0.25) is 0 Å². The molecule has 1 aliphatic rings. The smallest absolute Gasteiger partial charge is 0.205 e. The molecule has 2 N–H and O–H groups in total. The Morgan fingerprint density at radius 3 is 2.86 bits per heavy atom. The minimum absolute atomic E-state index is 0.0424. The van der Waals surface area contributed by atoms with Crippen LogP contribution in [0.15, 0.2) is 47.7 Å². The van der Waals surface area contributed by atoms with E-state index in [9.17, 15) is 9.90 Å². The van der Waals surface area contributed by atoms with Crippen molar-refractivity contribution in [1.29, 1.82) is 0 Å². The summed E-state index contributed by atoms with van der Waals surface area (Å²) in [5, 5.41) is 15.5. The van der Waals surface area contributed by atoms with Crippen LogP contribution >= 0.6 is 0 Å². The maximum absolute atomic E-state index is 12.3. The van der Waals surface area contributed by atoms with Gasteiger partial charge < -0.3 is 5.11 Å². The van der Waals surface area contributed by atoms with Gasteiger partial charge in [0.2, 0.25) is 5.78 Å². The third-order valence-corrected chi connectivity index (χ3v) is 3.18. The summed E-state index contributed by atoms with van der Waals surface area (Å²) < 4.78 is 0. The van der Waals surface area contributed by atoms with Gasteiger partial charge in [0.15, 0.2) is 0 Å². The van der Waals surface area contributed by atoms with Crippen molar-refractivity contribution in [2.45, 2.75) is 6.92 Å². The Balaban J connectivity index is 1.91. The summed E-state index contributed by atoms with van der Waals surface area (Å²) >= 11 is 0. The number of hydrogen-bond acceptors (Lipinski definition) is 6. The molecule has 3 rings (SSSR count). The number of anilines is 1. The maximum Gasteiger partial charge on any atom is 0.205 e. The number of aromatic hydroxyl groups is 1. The Bertz CT molecular complexity index is 713. The number of phenols is 1. The van der Waals surface area contributed by atoms with E-state index in [4.69, 9.17) is 0 Å². The van der Waals surface area contributed by atoms with Gasteiger partial charge in [-0.2, -0.15) is 5.10 Å². The fraction of sp³-hybridized carbons (Fsp3) is 0.133. The first-order chi connectivity index (χ1) is 10.1. The molecule has 0 radical (unpaired) electrons. The first-order valence-electron chi connectivity index (χ1n) is 6.50. The van der Waals surface area contributed by atoms with Gasteiger partial charge in [-0.3, -0.25) is 4.79 Å². The molecule has 0 atom stereocenters. The fourth-order valence-electron chi connectivity index (χ4n) is 2.12. The minimum atomic E-state index is -0.180. The van der Waals surface area contributed by atoms with Crippen molar-refractivity contribution in [2.75, 3.05) is 11.6 Å². The number of aromatic nitrogens is 1. The normalized spacial score (nSPS) is 14.6. The SMILES string of the molecule is Cc1ccc(O)c(C2=NNN(c3ccccn3)CC2=O)c1. The summed E-state index contributed by atoms with van der Waals surface area (Å²) in [6.07, 6.45) is 1.65. The summed E-state index contributed by atoms with van der Waals surface area (Å²) in [6, 6.07) is 10.5. The van der Waals surface area contributed by atoms with Crippen molar-refractivity contribution in [1.82, 2.24) is 10.5 Å². The molecule has 1 aromatic heterocycles. The van der Waals surface area contributed by atoms with E-state index in [0.717, 1.165) is 5.56 Å². The van der Waals surface area contributed by atoms with Crippen LogP contribution in [-0.4, -0.2) is 28.1 Å². The summed E-state index contributed by atoms with van der Waals surface area (Å²) in [4.78, 5) is 16.4. The molecule has 2 aromatic rings. The number of ketones is 1. The lowest BCUT2D eigenvalue weighted by Crippen LogP contribution is -2.47. The molecule has 6 nitrogen and oxygen atoms in total. The molecule has 0 saturated carbocycles. The zero-order chi connectivity index (χ0) is 14.8. The number of aryl methyl sites for hydroxylation is 1. The number of phenolic OH excluding ortho intramolecular Hbond substituents is 1. The van der Waals surface area contributed by atoms with Gasteiger partial charge in [-0.1, -0.05) is 17.7 Å². The molecule has 0 unspecified atom stereocenters. The lowest BCUT2D eigenvalue weighted by molar-refractivity contribution is -0.112.